The van der Waals surface area contributed by atoms with Gasteiger partial charge in [0.1, 0.15) is 0 Å². The highest BCUT2D eigenvalue weighted by Gasteiger charge is 2.24. The van der Waals surface area contributed by atoms with Gasteiger partial charge >= 0.3 is 0 Å². The van der Waals surface area contributed by atoms with E-state index in [4.69, 9.17) is 0 Å². The molecular weight excluding hydrogens is 238 g/mol. The molecule has 0 bridgehead atoms. The number of nitrogens with zero attached hydrogens (tertiary/aromatic N) is 2. The average molecular weight is 255 g/mol. The fraction of sp³-hybridized carbons (Fsp3) is 0.545. The quantitative estimate of drug-likeness (QED) is 0.872. The van der Waals surface area contributed by atoms with E-state index in [0.717, 1.165) is 18.5 Å². The smallest absolute Gasteiger partial charge is 0.211 e. The van der Waals surface area contributed by atoms with Crippen molar-refractivity contribution >= 4 is 15.7 Å². The van der Waals surface area contributed by atoms with Crippen LogP contribution in [0.4, 0.5) is 5.69 Å². The summed E-state index contributed by atoms with van der Waals surface area (Å²) >= 11 is 0. The Hall–Kier alpha value is -1.14. The molecule has 17 heavy (non-hydrogen) atoms. The lowest BCUT2D eigenvalue weighted by Crippen LogP contribution is -2.41. The van der Waals surface area contributed by atoms with Crippen LogP contribution >= 0.6 is 0 Å². The lowest BCUT2D eigenvalue weighted by atomic mass is 10.1. The van der Waals surface area contributed by atoms with Gasteiger partial charge < -0.3 is 5.32 Å². The second-order valence-corrected chi connectivity index (χ2v) is 6.30. The van der Waals surface area contributed by atoms with Gasteiger partial charge in [0, 0.05) is 31.5 Å². The Bertz CT molecular complexity index is 453. The van der Waals surface area contributed by atoms with Crippen LogP contribution in [0.3, 0.4) is 0 Å². The minimum Gasteiger partial charge on any atom is -0.381 e. The van der Waals surface area contributed by atoms with E-state index in [1.165, 1.54) is 10.6 Å². The molecule has 2 rings (SSSR count). The molecule has 1 N–H and O–H groups in total. The van der Waals surface area contributed by atoms with E-state index in [9.17, 15) is 8.42 Å². The molecule has 6 heteroatoms. The van der Waals surface area contributed by atoms with E-state index in [1.807, 2.05) is 12.1 Å². The molecule has 94 valence electrons. The maximum atomic E-state index is 11.3. The fourth-order valence-corrected chi connectivity index (χ4v) is 2.89. The molecule has 0 aliphatic carbocycles. The van der Waals surface area contributed by atoms with Gasteiger partial charge in [0.25, 0.3) is 0 Å². The zero-order valence-corrected chi connectivity index (χ0v) is 10.7. The van der Waals surface area contributed by atoms with Crippen molar-refractivity contribution in [2.75, 3.05) is 24.7 Å². The Morgan fingerprint density at radius 3 is 2.65 bits per heavy atom. The van der Waals surface area contributed by atoms with Crippen molar-refractivity contribution in [2.45, 2.75) is 18.9 Å². The van der Waals surface area contributed by atoms with Crippen molar-refractivity contribution in [3.05, 3.63) is 24.5 Å². The van der Waals surface area contributed by atoms with Gasteiger partial charge in [-0.05, 0) is 25.0 Å². The summed E-state index contributed by atoms with van der Waals surface area (Å²) in [5.74, 6) is 0. The first-order valence-electron chi connectivity index (χ1n) is 5.67. The lowest BCUT2D eigenvalue weighted by Gasteiger charge is -2.31. The Balaban J connectivity index is 1.88. The summed E-state index contributed by atoms with van der Waals surface area (Å²) in [7, 11) is -3.03. The van der Waals surface area contributed by atoms with Crippen LogP contribution in [-0.4, -0.2) is 43.1 Å². The Labute approximate surface area is 102 Å². The van der Waals surface area contributed by atoms with E-state index in [-0.39, 0.29) is 0 Å². The van der Waals surface area contributed by atoms with Gasteiger partial charge in [0.2, 0.25) is 10.0 Å². The molecule has 1 aromatic rings. The number of pyridine rings is 1. The van der Waals surface area contributed by atoms with Crippen molar-refractivity contribution < 1.29 is 8.42 Å². The molecule has 1 aromatic heterocycles. The molecule has 0 spiro atoms. The van der Waals surface area contributed by atoms with Crippen molar-refractivity contribution in [2.24, 2.45) is 0 Å². The first-order valence-corrected chi connectivity index (χ1v) is 7.52. The minimum absolute atomic E-state index is 0.331. The van der Waals surface area contributed by atoms with Crippen LogP contribution in [0.25, 0.3) is 0 Å². The minimum atomic E-state index is -3.03. The van der Waals surface area contributed by atoms with Crippen molar-refractivity contribution in [3.63, 3.8) is 0 Å². The second kappa shape index (κ2) is 5.01. The van der Waals surface area contributed by atoms with Crippen LogP contribution in [-0.2, 0) is 10.0 Å². The van der Waals surface area contributed by atoms with E-state index in [2.05, 4.69) is 10.3 Å². The predicted octanol–water partition coefficient (Wildman–Crippen LogP) is 0.917. The SMILES string of the molecule is CS(=O)(=O)N1CCC(Nc2cccnc2)CC1. The molecule has 2 heterocycles. The number of hydrogen-bond donors (Lipinski definition) is 1. The summed E-state index contributed by atoms with van der Waals surface area (Å²) in [6, 6.07) is 4.18. The van der Waals surface area contributed by atoms with Crippen LogP contribution < -0.4 is 5.32 Å². The molecule has 5 nitrogen and oxygen atoms in total. The van der Waals surface area contributed by atoms with Gasteiger partial charge in [0.15, 0.2) is 0 Å². The zero-order chi connectivity index (χ0) is 12.3. The summed E-state index contributed by atoms with van der Waals surface area (Å²) in [6.45, 7) is 1.19. The molecule has 1 aliphatic rings. The normalized spacial score (nSPS) is 19.1. The molecule has 1 saturated heterocycles. The molecule has 0 saturated carbocycles. The summed E-state index contributed by atoms with van der Waals surface area (Å²) in [5, 5.41) is 3.37. The highest BCUT2D eigenvalue weighted by atomic mass is 32.2. The monoisotopic (exact) mass is 255 g/mol. The first-order chi connectivity index (χ1) is 8.05. The molecule has 0 aromatic carbocycles. The third kappa shape index (κ3) is 3.41. The van der Waals surface area contributed by atoms with Crippen molar-refractivity contribution in [1.29, 1.82) is 0 Å². The Morgan fingerprint density at radius 2 is 2.12 bits per heavy atom. The van der Waals surface area contributed by atoms with Crippen LogP contribution in [0.2, 0.25) is 0 Å². The largest absolute Gasteiger partial charge is 0.381 e. The third-order valence-corrected chi connectivity index (χ3v) is 4.26. The Kier molecular flexibility index (Phi) is 3.63. The van der Waals surface area contributed by atoms with E-state index in [0.29, 0.717) is 19.1 Å². The standard InChI is InChI=1S/C11H17N3O2S/c1-17(15,16)14-7-4-10(5-8-14)13-11-3-2-6-12-9-11/h2-3,6,9-10,13H,4-5,7-8H2,1H3. The number of sulfonamides is 1. The highest BCUT2D eigenvalue weighted by molar-refractivity contribution is 7.88. The van der Waals surface area contributed by atoms with E-state index >= 15 is 0 Å². The molecule has 0 amide bonds. The summed E-state index contributed by atoms with van der Waals surface area (Å²) in [5.41, 5.74) is 0.991. The fourth-order valence-electron chi connectivity index (χ4n) is 2.02. The van der Waals surface area contributed by atoms with Crippen molar-refractivity contribution in [3.8, 4) is 0 Å². The lowest BCUT2D eigenvalue weighted by molar-refractivity contribution is 0.332. The summed E-state index contributed by atoms with van der Waals surface area (Å²) < 4.78 is 24.2. The molecular formula is C11H17N3O2S. The van der Waals surface area contributed by atoms with Crippen LogP contribution in [0.15, 0.2) is 24.5 Å². The highest BCUT2D eigenvalue weighted by Crippen LogP contribution is 2.17. The van der Waals surface area contributed by atoms with Gasteiger partial charge in [-0.1, -0.05) is 0 Å². The zero-order valence-electron chi connectivity index (χ0n) is 9.83. The van der Waals surface area contributed by atoms with Crippen molar-refractivity contribution in [1.82, 2.24) is 9.29 Å². The van der Waals surface area contributed by atoms with Gasteiger partial charge in [-0.3, -0.25) is 4.98 Å². The number of hydrogen-bond acceptors (Lipinski definition) is 4. The average Bonchev–Trinajstić information content (AvgIpc) is 2.30. The van der Waals surface area contributed by atoms with Gasteiger partial charge in [-0.15, -0.1) is 0 Å². The van der Waals surface area contributed by atoms with Crippen LogP contribution in [0, 0.1) is 0 Å². The summed E-state index contributed by atoms with van der Waals surface area (Å²) in [4.78, 5) is 4.04. The van der Waals surface area contributed by atoms with Gasteiger partial charge in [-0.2, -0.15) is 0 Å². The van der Waals surface area contributed by atoms with E-state index < -0.39 is 10.0 Å². The van der Waals surface area contributed by atoms with Crippen LogP contribution in [0.1, 0.15) is 12.8 Å². The van der Waals surface area contributed by atoms with Gasteiger partial charge in [0.05, 0.1) is 11.9 Å². The number of rotatable bonds is 3. The third-order valence-electron chi connectivity index (χ3n) is 2.96. The van der Waals surface area contributed by atoms with E-state index in [1.54, 1.807) is 12.4 Å². The maximum Gasteiger partial charge on any atom is 0.211 e. The molecule has 0 atom stereocenters. The first kappa shape index (κ1) is 12.3. The summed E-state index contributed by atoms with van der Waals surface area (Å²) in [6.07, 6.45) is 6.45. The number of nitrogens with one attached hydrogen (secondary N) is 1. The molecule has 1 fully saturated rings. The van der Waals surface area contributed by atoms with Crippen LogP contribution in [0.5, 0.6) is 0 Å². The topological polar surface area (TPSA) is 62.3 Å². The number of aromatic nitrogens is 1. The van der Waals surface area contributed by atoms with Gasteiger partial charge in [-0.25, -0.2) is 12.7 Å². The number of anilines is 1. The number of piperidine rings is 1. The second-order valence-electron chi connectivity index (χ2n) is 4.32. The molecule has 0 radical (unpaired) electrons. The maximum absolute atomic E-state index is 11.3. The molecule has 0 unspecified atom stereocenters. The predicted molar refractivity (Wildman–Crippen MR) is 67.3 cm³/mol. The Morgan fingerprint density at radius 1 is 1.41 bits per heavy atom. The molecule has 1 aliphatic heterocycles.